The van der Waals surface area contributed by atoms with Gasteiger partial charge in [-0.2, -0.15) is 0 Å². The summed E-state index contributed by atoms with van der Waals surface area (Å²) in [7, 11) is 0. The molecule has 1 saturated carbocycles. The van der Waals surface area contributed by atoms with Crippen LogP contribution < -0.4 is 0 Å². The van der Waals surface area contributed by atoms with Crippen molar-refractivity contribution < 1.29 is 14.6 Å². The standard InChI is InChI=1S/C13H24O3/c1-9(2)4-5-11-6-7-12(15)13(8-11)16-10(3)14/h9,11-13,15H,4-8H2,1-3H3. The van der Waals surface area contributed by atoms with Crippen molar-refractivity contribution in [2.75, 3.05) is 0 Å². The van der Waals surface area contributed by atoms with Crippen LogP contribution in [0.2, 0.25) is 0 Å². The van der Waals surface area contributed by atoms with Gasteiger partial charge in [0.05, 0.1) is 6.10 Å². The maximum absolute atomic E-state index is 10.9. The van der Waals surface area contributed by atoms with Crippen LogP contribution in [0.1, 0.15) is 52.9 Å². The molecule has 3 atom stereocenters. The summed E-state index contributed by atoms with van der Waals surface area (Å²) in [6, 6.07) is 0. The average Bonchev–Trinajstić information content (AvgIpc) is 2.18. The molecule has 1 rings (SSSR count). The molecule has 0 aromatic heterocycles. The van der Waals surface area contributed by atoms with Gasteiger partial charge in [0, 0.05) is 6.92 Å². The fraction of sp³-hybridized carbons (Fsp3) is 0.923. The highest BCUT2D eigenvalue weighted by Crippen LogP contribution is 2.30. The highest BCUT2D eigenvalue weighted by Gasteiger charge is 2.31. The summed E-state index contributed by atoms with van der Waals surface area (Å²) in [6.45, 7) is 5.85. The average molecular weight is 228 g/mol. The summed E-state index contributed by atoms with van der Waals surface area (Å²) in [4.78, 5) is 10.9. The Balaban J connectivity index is 2.37. The molecular formula is C13H24O3. The predicted octanol–water partition coefficient (Wildman–Crippen LogP) is 2.52. The first-order valence-corrected chi connectivity index (χ1v) is 6.34. The van der Waals surface area contributed by atoms with Gasteiger partial charge >= 0.3 is 5.97 Å². The topological polar surface area (TPSA) is 46.5 Å². The highest BCUT2D eigenvalue weighted by atomic mass is 16.6. The summed E-state index contributed by atoms with van der Waals surface area (Å²) in [5, 5.41) is 9.74. The smallest absolute Gasteiger partial charge is 0.302 e. The van der Waals surface area contributed by atoms with E-state index in [0.29, 0.717) is 5.92 Å². The third-order valence-electron chi connectivity index (χ3n) is 3.34. The molecule has 3 nitrogen and oxygen atoms in total. The van der Waals surface area contributed by atoms with Gasteiger partial charge in [0.15, 0.2) is 0 Å². The van der Waals surface area contributed by atoms with Crippen LogP contribution in [0.5, 0.6) is 0 Å². The van der Waals surface area contributed by atoms with E-state index in [2.05, 4.69) is 13.8 Å². The Morgan fingerprint density at radius 3 is 2.69 bits per heavy atom. The lowest BCUT2D eigenvalue weighted by atomic mass is 9.81. The molecule has 1 aliphatic carbocycles. The van der Waals surface area contributed by atoms with Gasteiger partial charge < -0.3 is 9.84 Å². The number of carbonyl (C=O) groups is 1. The van der Waals surface area contributed by atoms with Gasteiger partial charge in [-0.3, -0.25) is 4.79 Å². The zero-order valence-electron chi connectivity index (χ0n) is 10.6. The lowest BCUT2D eigenvalue weighted by Gasteiger charge is -2.32. The number of carbonyl (C=O) groups excluding carboxylic acids is 1. The minimum Gasteiger partial charge on any atom is -0.460 e. The van der Waals surface area contributed by atoms with E-state index in [1.165, 1.54) is 19.8 Å². The summed E-state index contributed by atoms with van der Waals surface area (Å²) >= 11 is 0. The number of ether oxygens (including phenoxy) is 1. The van der Waals surface area contributed by atoms with Crippen LogP contribution in [0.15, 0.2) is 0 Å². The van der Waals surface area contributed by atoms with Crippen molar-refractivity contribution in [2.24, 2.45) is 11.8 Å². The molecule has 0 spiro atoms. The van der Waals surface area contributed by atoms with E-state index >= 15 is 0 Å². The maximum atomic E-state index is 10.9. The Kier molecular flexibility index (Phi) is 5.26. The number of hydrogen-bond donors (Lipinski definition) is 1. The Morgan fingerprint density at radius 1 is 1.44 bits per heavy atom. The first kappa shape index (κ1) is 13.5. The molecule has 1 fully saturated rings. The van der Waals surface area contributed by atoms with Gasteiger partial charge in [0.1, 0.15) is 6.10 Å². The SMILES string of the molecule is CC(=O)OC1CC(CCC(C)C)CCC1O. The number of rotatable bonds is 4. The van der Waals surface area contributed by atoms with Gasteiger partial charge in [-0.05, 0) is 31.1 Å². The Bertz CT molecular complexity index is 225. The Hall–Kier alpha value is -0.570. The molecule has 1 N–H and O–H groups in total. The number of esters is 1. The molecule has 1 aliphatic rings. The van der Waals surface area contributed by atoms with Crippen molar-refractivity contribution in [3.63, 3.8) is 0 Å². The van der Waals surface area contributed by atoms with Crippen LogP contribution in [-0.4, -0.2) is 23.3 Å². The van der Waals surface area contributed by atoms with E-state index < -0.39 is 6.10 Å². The Labute approximate surface area is 98.2 Å². The summed E-state index contributed by atoms with van der Waals surface area (Å²) in [6.07, 6.45) is 4.32. The second-order valence-corrected chi connectivity index (χ2v) is 5.37. The minimum absolute atomic E-state index is 0.275. The van der Waals surface area contributed by atoms with Gasteiger partial charge in [-0.1, -0.05) is 26.7 Å². The molecule has 0 aromatic carbocycles. The van der Waals surface area contributed by atoms with Crippen molar-refractivity contribution >= 4 is 5.97 Å². The lowest BCUT2D eigenvalue weighted by Crippen LogP contribution is -2.37. The van der Waals surface area contributed by atoms with Crippen LogP contribution in [0.4, 0.5) is 0 Å². The molecule has 0 heterocycles. The molecule has 0 aliphatic heterocycles. The molecule has 0 bridgehead atoms. The second-order valence-electron chi connectivity index (χ2n) is 5.37. The van der Waals surface area contributed by atoms with Crippen LogP contribution in [0.3, 0.4) is 0 Å². The van der Waals surface area contributed by atoms with Gasteiger partial charge in [-0.15, -0.1) is 0 Å². The summed E-state index contributed by atoms with van der Waals surface area (Å²) in [5.74, 6) is 1.04. The van der Waals surface area contributed by atoms with E-state index in [0.717, 1.165) is 25.2 Å². The molecule has 0 radical (unpaired) electrons. The Morgan fingerprint density at radius 2 is 2.12 bits per heavy atom. The molecule has 3 heteroatoms. The van der Waals surface area contributed by atoms with Crippen molar-refractivity contribution in [1.29, 1.82) is 0 Å². The number of aliphatic hydroxyl groups is 1. The first-order chi connectivity index (χ1) is 7.49. The lowest BCUT2D eigenvalue weighted by molar-refractivity contribution is -0.156. The van der Waals surface area contributed by atoms with Gasteiger partial charge in [-0.25, -0.2) is 0 Å². The van der Waals surface area contributed by atoms with E-state index in [1.54, 1.807) is 0 Å². The van der Waals surface area contributed by atoms with E-state index in [9.17, 15) is 9.90 Å². The molecule has 3 unspecified atom stereocenters. The third-order valence-corrected chi connectivity index (χ3v) is 3.34. The monoisotopic (exact) mass is 228 g/mol. The molecule has 0 saturated heterocycles. The fourth-order valence-corrected chi connectivity index (χ4v) is 2.37. The van der Waals surface area contributed by atoms with E-state index in [4.69, 9.17) is 4.74 Å². The van der Waals surface area contributed by atoms with Crippen molar-refractivity contribution in [3.8, 4) is 0 Å². The largest absolute Gasteiger partial charge is 0.460 e. The van der Waals surface area contributed by atoms with Crippen LogP contribution in [0, 0.1) is 11.8 Å². The van der Waals surface area contributed by atoms with Crippen LogP contribution in [0.25, 0.3) is 0 Å². The van der Waals surface area contributed by atoms with Crippen molar-refractivity contribution in [3.05, 3.63) is 0 Å². The molecule has 16 heavy (non-hydrogen) atoms. The molecular weight excluding hydrogens is 204 g/mol. The van der Waals surface area contributed by atoms with Gasteiger partial charge in [0.25, 0.3) is 0 Å². The quantitative estimate of drug-likeness (QED) is 0.752. The highest BCUT2D eigenvalue weighted by molar-refractivity contribution is 5.66. The summed E-state index contributed by atoms with van der Waals surface area (Å²) < 4.78 is 5.15. The zero-order chi connectivity index (χ0) is 12.1. The second kappa shape index (κ2) is 6.24. The van der Waals surface area contributed by atoms with Crippen LogP contribution >= 0.6 is 0 Å². The van der Waals surface area contributed by atoms with Gasteiger partial charge in [0.2, 0.25) is 0 Å². The van der Waals surface area contributed by atoms with E-state index in [1.807, 2.05) is 0 Å². The van der Waals surface area contributed by atoms with E-state index in [-0.39, 0.29) is 12.1 Å². The third kappa shape index (κ3) is 4.52. The van der Waals surface area contributed by atoms with Crippen molar-refractivity contribution in [1.82, 2.24) is 0 Å². The molecule has 0 aromatic rings. The molecule has 0 amide bonds. The fourth-order valence-electron chi connectivity index (χ4n) is 2.37. The minimum atomic E-state index is -0.459. The molecule has 94 valence electrons. The summed E-state index contributed by atoms with van der Waals surface area (Å²) in [5.41, 5.74) is 0. The normalized spacial score (nSPS) is 30.4. The predicted molar refractivity (Wildman–Crippen MR) is 63.0 cm³/mol. The maximum Gasteiger partial charge on any atom is 0.302 e. The number of hydrogen-bond acceptors (Lipinski definition) is 3. The van der Waals surface area contributed by atoms with Crippen molar-refractivity contribution in [2.45, 2.75) is 65.1 Å². The zero-order valence-corrected chi connectivity index (χ0v) is 10.6. The first-order valence-electron chi connectivity index (χ1n) is 6.34. The number of aliphatic hydroxyl groups excluding tert-OH is 1. The van der Waals surface area contributed by atoms with Crippen LogP contribution in [-0.2, 0) is 9.53 Å².